The summed E-state index contributed by atoms with van der Waals surface area (Å²) >= 11 is 0. The van der Waals surface area contributed by atoms with Crippen LogP contribution in [-0.4, -0.2) is 27.4 Å². The fraction of sp³-hybridized carbons (Fsp3) is 0.455. The van der Waals surface area contributed by atoms with Crippen LogP contribution in [0.4, 0.5) is 0 Å². The third kappa shape index (κ3) is 2.65. The Morgan fingerprint density at radius 2 is 2.18 bits per heavy atom. The van der Waals surface area contributed by atoms with Gasteiger partial charge in [-0.15, -0.1) is 0 Å². The summed E-state index contributed by atoms with van der Waals surface area (Å²) < 4.78 is 6.49. The Bertz CT molecular complexity index is 465. The maximum Gasteiger partial charge on any atom is 0.345 e. The van der Waals surface area contributed by atoms with Gasteiger partial charge in [-0.05, 0) is 19.4 Å². The molecule has 0 saturated heterocycles. The zero-order chi connectivity index (χ0) is 13.0. The van der Waals surface area contributed by atoms with Gasteiger partial charge in [-0.25, -0.2) is 4.79 Å². The summed E-state index contributed by atoms with van der Waals surface area (Å²) in [5.41, 5.74) is -1.40. The second-order valence-electron chi connectivity index (χ2n) is 3.41. The molecule has 1 rings (SSSR count). The molecule has 1 aromatic heterocycles. The molecule has 0 fully saturated rings. The number of ether oxygens (including phenoxy) is 1. The lowest BCUT2D eigenvalue weighted by Crippen LogP contribution is -2.30. The lowest BCUT2D eigenvalue weighted by atomic mass is 10.2. The summed E-state index contributed by atoms with van der Waals surface area (Å²) in [5, 5.41) is 18.2. The molecule has 0 amide bonds. The second kappa shape index (κ2) is 5.49. The molecule has 0 spiro atoms. The van der Waals surface area contributed by atoms with E-state index in [9.17, 15) is 14.7 Å². The van der Waals surface area contributed by atoms with E-state index in [1.54, 1.807) is 6.92 Å². The van der Waals surface area contributed by atoms with Crippen LogP contribution >= 0.6 is 0 Å². The molecule has 6 heteroatoms. The largest absolute Gasteiger partial charge is 0.507 e. The highest BCUT2D eigenvalue weighted by Gasteiger charge is 2.19. The molecular weight excluding hydrogens is 226 g/mol. The van der Waals surface area contributed by atoms with Crippen LogP contribution in [0.3, 0.4) is 0 Å². The van der Waals surface area contributed by atoms with E-state index in [1.165, 1.54) is 16.8 Å². The monoisotopic (exact) mass is 241 g/mol. The summed E-state index contributed by atoms with van der Waals surface area (Å²) in [6, 6.07) is 1.17. The molecule has 0 saturated carbocycles. The minimum absolute atomic E-state index is 0.411. The molecule has 6 nitrogen and oxygen atoms in total. The van der Waals surface area contributed by atoms with Gasteiger partial charge >= 0.3 is 5.97 Å². The van der Waals surface area contributed by atoms with E-state index in [1.807, 2.05) is 6.92 Å². The topological polar surface area (TPSA) is 88.8 Å². The first-order valence-electron chi connectivity index (χ1n) is 5.31. The minimum atomic E-state index is -1.45. The third-order valence-electron chi connectivity index (χ3n) is 2.33. The van der Waals surface area contributed by atoms with Crippen molar-refractivity contribution in [1.82, 2.24) is 4.57 Å². The van der Waals surface area contributed by atoms with Crippen molar-refractivity contribution in [3.05, 3.63) is 28.2 Å². The molecule has 0 aromatic carbocycles. The van der Waals surface area contributed by atoms with E-state index in [-0.39, 0.29) is 0 Å². The summed E-state index contributed by atoms with van der Waals surface area (Å²) in [6.07, 6.45) is 1.33. The van der Waals surface area contributed by atoms with Crippen LogP contribution in [0.2, 0.25) is 0 Å². The molecule has 0 aliphatic heterocycles. The van der Waals surface area contributed by atoms with Crippen LogP contribution in [0.25, 0.3) is 0 Å². The van der Waals surface area contributed by atoms with Crippen molar-refractivity contribution < 1.29 is 19.7 Å². The highest BCUT2D eigenvalue weighted by Crippen LogP contribution is 2.16. The van der Waals surface area contributed by atoms with Crippen LogP contribution in [-0.2, 0) is 4.74 Å². The summed E-state index contributed by atoms with van der Waals surface area (Å²) in [4.78, 5) is 22.7. The number of aromatic carboxylic acids is 1. The van der Waals surface area contributed by atoms with Gasteiger partial charge in [-0.2, -0.15) is 0 Å². The Morgan fingerprint density at radius 3 is 2.65 bits per heavy atom. The third-order valence-corrected chi connectivity index (χ3v) is 2.33. The van der Waals surface area contributed by atoms with Gasteiger partial charge in [0.1, 0.15) is 12.0 Å². The highest BCUT2D eigenvalue weighted by molar-refractivity contribution is 5.90. The smallest absolute Gasteiger partial charge is 0.345 e. The molecule has 0 aliphatic rings. The van der Waals surface area contributed by atoms with Crippen molar-refractivity contribution in [2.24, 2.45) is 0 Å². The van der Waals surface area contributed by atoms with Crippen LogP contribution < -0.4 is 5.56 Å². The number of pyridine rings is 1. The van der Waals surface area contributed by atoms with Gasteiger partial charge < -0.3 is 14.9 Å². The van der Waals surface area contributed by atoms with Gasteiger partial charge in [0.05, 0.1) is 0 Å². The van der Waals surface area contributed by atoms with E-state index >= 15 is 0 Å². The Labute approximate surface area is 98.1 Å². The van der Waals surface area contributed by atoms with Crippen LogP contribution in [0.15, 0.2) is 17.1 Å². The Hall–Kier alpha value is -1.82. The number of aromatic hydroxyl groups is 1. The zero-order valence-electron chi connectivity index (χ0n) is 9.71. The SMILES string of the molecule is CCOC(CC)n1ccc(O)c(C(=O)O)c1=O. The van der Waals surface area contributed by atoms with Crippen LogP contribution in [0.5, 0.6) is 5.75 Å². The Morgan fingerprint density at radius 1 is 1.53 bits per heavy atom. The summed E-state index contributed by atoms with van der Waals surface area (Å²) in [5.74, 6) is -1.99. The number of hydrogen-bond acceptors (Lipinski definition) is 4. The average Bonchev–Trinajstić information content (AvgIpc) is 2.26. The number of rotatable bonds is 5. The second-order valence-corrected chi connectivity index (χ2v) is 3.41. The van der Waals surface area contributed by atoms with Crippen molar-refractivity contribution in [2.45, 2.75) is 26.5 Å². The number of carboxylic acids is 1. The van der Waals surface area contributed by atoms with Gasteiger partial charge in [0.2, 0.25) is 0 Å². The first-order valence-corrected chi connectivity index (χ1v) is 5.31. The van der Waals surface area contributed by atoms with E-state index in [2.05, 4.69) is 0 Å². The molecule has 1 aromatic rings. The predicted molar refractivity (Wildman–Crippen MR) is 60.3 cm³/mol. The summed E-state index contributed by atoms with van der Waals surface area (Å²) in [7, 11) is 0. The number of carbonyl (C=O) groups is 1. The predicted octanol–water partition coefficient (Wildman–Crippen LogP) is 1.20. The quantitative estimate of drug-likeness (QED) is 0.808. The van der Waals surface area contributed by atoms with Gasteiger partial charge in [0.15, 0.2) is 5.56 Å². The molecule has 1 heterocycles. The molecule has 0 aliphatic carbocycles. The first kappa shape index (κ1) is 13.2. The molecule has 2 N–H and O–H groups in total. The van der Waals surface area contributed by atoms with Crippen molar-refractivity contribution in [1.29, 1.82) is 0 Å². The number of carboxylic acid groups (broad SMARTS) is 1. The van der Waals surface area contributed by atoms with Gasteiger partial charge in [0.25, 0.3) is 5.56 Å². The van der Waals surface area contributed by atoms with E-state index in [0.29, 0.717) is 13.0 Å². The lowest BCUT2D eigenvalue weighted by Gasteiger charge is -2.18. The van der Waals surface area contributed by atoms with Crippen LogP contribution in [0.1, 0.15) is 36.9 Å². The van der Waals surface area contributed by atoms with E-state index in [4.69, 9.17) is 9.84 Å². The molecule has 0 bridgehead atoms. The summed E-state index contributed by atoms with van der Waals surface area (Å²) in [6.45, 7) is 4.01. The Kier molecular flexibility index (Phi) is 4.28. The average molecular weight is 241 g/mol. The molecule has 1 unspecified atom stereocenters. The molecule has 1 atom stereocenters. The molecule has 94 valence electrons. The first-order chi connectivity index (χ1) is 8.02. The fourth-order valence-electron chi connectivity index (χ4n) is 1.56. The van der Waals surface area contributed by atoms with Gasteiger partial charge in [-0.1, -0.05) is 6.92 Å². The van der Waals surface area contributed by atoms with E-state index in [0.717, 1.165) is 0 Å². The number of aromatic nitrogens is 1. The zero-order valence-corrected chi connectivity index (χ0v) is 9.71. The van der Waals surface area contributed by atoms with Crippen LogP contribution in [0, 0.1) is 0 Å². The molecule has 17 heavy (non-hydrogen) atoms. The van der Waals surface area contributed by atoms with Crippen molar-refractivity contribution in [3.8, 4) is 5.75 Å². The lowest BCUT2D eigenvalue weighted by molar-refractivity contribution is 0.00484. The maximum absolute atomic E-state index is 11.8. The highest BCUT2D eigenvalue weighted by atomic mass is 16.5. The van der Waals surface area contributed by atoms with E-state index < -0.39 is 29.1 Å². The van der Waals surface area contributed by atoms with Crippen molar-refractivity contribution in [3.63, 3.8) is 0 Å². The fourth-order valence-corrected chi connectivity index (χ4v) is 1.56. The van der Waals surface area contributed by atoms with Gasteiger partial charge in [-0.3, -0.25) is 9.36 Å². The van der Waals surface area contributed by atoms with Crippen molar-refractivity contribution >= 4 is 5.97 Å². The molecule has 0 radical (unpaired) electrons. The molecular formula is C11H15NO5. The standard InChI is InChI=1S/C11H15NO5/c1-3-8(17-4-2)12-6-5-7(13)9(10(12)14)11(15)16/h5-6,8,13H,3-4H2,1-2H3,(H,15,16). The normalized spacial score (nSPS) is 12.4. The maximum atomic E-state index is 11.8. The van der Waals surface area contributed by atoms with Crippen molar-refractivity contribution in [2.75, 3.05) is 6.61 Å². The minimum Gasteiger partial charge on any atom is -0.507 e. The van der Waals surface area contributed by atoms with Gasteiger partial charge in [0, 0.05) is 12.8 Å². The number of nitrogens with zero attached hydrogens (tertiary/aromatic N) is 1. The number of hydrogen-bond donors (Lipinski definition) is 2. The Balaban J connectivity index is 3.32.